The van der Waals surface area contributed by atoms with Crippen molar-refractivity contribution in [1.29, 1.82) is 0 Å². The zero-order valence-corrected chi connectivity index (χ0v) is 18.8. The van der Waals surface area contributed by atoms with Crippen molar-refractivity contribution in [2.24, 2.45) is 0 Å². The number of nitrogens with one attached hydrogen (secondary N) is 1. The molecule has 0 spiro atoms. The first-order valence-corrected chi connectivity index (χ1v) is 10.9. The highest BCUT2D eigenvalue weighted by atomic mass is 16.2. The molecular formula is C26H23N7O2. The number of benzene rings is 1. The molecule has 3 aromatic heterocycles. The van der Waals surface area contributed by atoms with Crippen LogP contribution in [0.5, 0.6) is 0 Å². The molecule has 2 amide bonds. The van der Waals surface area contributed by atoms with Gasteiger partial charge in [0.1, 0.15) is 28.7 Å². The van der Waals surface area contributed by atoms with Crippen LogP contribution in [-0.2, 0) is 4.79 Å². The molecule has 1 aliphatic heterocycles. The van der Waals surface area contributed by atoms with E-state index in [4.69, 9.17) is 13.5 Å². The van der Waals surface area contributed by atoms with Crippen molar-refractivity contribution in [2.45, 2.75) is 25.8 Å². The molecule has 1 aliphatic rings. The largest absolute Gasteiger partial charge is 0.382 e. The lowest BCUT2D eigenvalue weighted by Gasteiger charge is -2.21. The summed E-state index contributed by atoms with van der Waals surface area (Å²) in [5.41, 5.74) is 8.01. The van der Waals surface area contributed by atoms with E-state index >= 15 is 0 Å². The maximum Gasteiger partial charge on any atom is 0.299 e. The van der Waals surface area contributed by atoms with E-state index in [-0.39, 0.29) is 30.4 Å². The van der Waals surface area contributed by atoms with Gasteiger partial charge in [0.2, 0.25) is 0 Å². The summed E-state index contributed by atoms with van der Waals surface area (Å²) >= 11 is 0. The first kappa shape index (κ1) is 18.7. The monoisotopic (exact) mass is 468 g/mol. The van der Waals surface area contributed by atoms with E-state index in [9.17, 15) is 11.0 Å². The third kappa shape index (κ3) is 4.17. The van der Waals surface area contributed by atoms with Gasteiger partial charge < -0.3 is 16.0 Å². The molecule has 9 nitrogen and oxygen atoms in total. The highest BCUT2D eigenvalue weighted by molar-refractivity contribution is 6.04. The van der Waals surface area contributed by atoms with E-state index in [0.29, 0.717) is 28.2 Å². The Morgan fingerprint density at radius 3 is 2.77 bits per heavy atom. The van der Waals surface area contributed by atoms with Crippen molar-refractivity contribution >= 4 is 29.0 Å². The molecule has 3 N–H and O–H groups in total. The average Bonchev–Trinajstić information content (AvgIpc) is 3.41. The number of hydrogen-bond acceptors (Lipinski definition) is 6. The van der Waals surface area contributed by atoms with Crippen LogP contribution in [0.25, 0.3) is 16.8 Å². The smallest absolute Gasteiger partial charge is 0.299 e. The molecule has 174 valence electrons. The van der Waals surface area contributed by atoms with Crippen molar-refractivity contribution in [2.75, 3.05) is 17.5 Å². The Labute approximate surface area is 206 Å². The SMILES string of the molecule is [2H]C1([2H])CC[C@@]([2H])(c2nc(-c3ccc(C(=O)Nc4ccccn4)cc3)c3c(N)nccn23)N1C(=O)C#CC. The molecule has 0 saturated carbocycles. The molecule has 0 radical (unpaired) electrons. The van der Waals surface area contributed by atoms with Crippen molar-refractivity contribution in [3.63, 3.8) is 0 Å². The quantitative estimate of drug-likeness (QED) is 0.444. The van der Waals surface area contributed by atoms with E-state index in [1.54, 1.807) is 59.3 Å². The number of aromatic nitrogens is 4. The third-order valence-corrected chi connectivity index (χ3v) is 5.50. The Hall–Kier alpha value is -4.71. The number of nitrogens with zero attached hydrogens (tertiary/aromatic N) is 5. The van der Waals surface area contributed by atoms with Crippen molar-refractivity contribution < 1.29 is 13.7 Å². The fourth-order valence-electron chi connectivity index (χ4n) is 3.94. The summed E-state index contributed by atoms with van der Waals surface area (Å²) < 4.78 is 27.6. The summed E-state index contributed by atoms with van der Waals surface area (Å²) in [6.45, 7) is -0.610. The van der Waals surface area contributed by atoms with Gasteiger partial charge >= 0.3 is 0 Å². The van der Waals surface area contributed by atoms with Crippen LogP contribution in [0.4, 0.5) is 11.6 Å². The molecule has 4 aromatic rings. The van der Waals surface area contributed by atoms with E-state index in [2.05, 4.69) is 27.1 Å². The maximum absolute atomic E-state index is 12.8. The van der Waals surface area contributed by atoms with Gasteiger partial charge in [-0.05, 0) is 50.0 Å². The minimum atomic E-state index is -2.09. The van der Waals surface area contributed by atoms with Crippen LogP contribution in [0.2, 0.25) is 0 Å². The van der Waals surface area contributed by atoms with E-state index in [0.717, 1.165) is 4.90 Å². The highest BCUT2D eigenvalue weighted by Gasteiger charge is 2.33. The number of hydrogen-bond donors (Lipinski definition) is 2. The van der Waals surface area contributed by atoms with Gasteiger partial charge in [0.25, 0.3) is 11.8 Å². The minimum absolute atomic E-state index is 0.00451. The summed E-state index contributed by atoms with van der Waals surface area (Å²) in [6.07, 6.45) is 4.55. The van der Waals surface area contributed by atoms with Gasteiger partial charge in [-0.1, -0.05) is 24.1 Å². The molecule has 1 atom stereocenters. The summed E-state index contributed by atoms with van der Waals surface area (Å²) in [7, 11) is 0. The summed E-state index contributed by atoms with van der Waals surface area (Å²) in [5.74, 6) is 4.40. The van der Waals surface area contributed by atoms with E-state index < -0.39 is 18.4 Å². The second-order valence-electron chi connectivity index (χ2n) is 7.68. The van der Waals surface area contributed by atoms with Gasteiger partial charge in [-0.25, -0.2) is 15.0 Å². The lowest BCUT2D eigenvalue weighted by Crippen LogP contribution is -2.30. The Kier molecular flexibility index (Phi) is 4.95. The van der Waals surface area contributed by atoms with Crippen LogP contribution >= 0.6 is 0 Å². The van der Waals surface area contributed by atoms with Crippen molar-refractivity contribution in [3.8, 4) is 23.1 Å². The molecular weight excluding hydrogens is 442 g/mol. The predicted octanol–water partition coefficient (Wildman–Crippen LogP) is 3.31. The van der Waals surface area contributed by atoms with Crippen LogP contribution in [0.1, 0.15) is 46.1 Å². The minimum Gasteiger partial charge on any atom is -0.382 e. The van der Waals surface area contributed by atoms with Crippen LogP contribution in [0.15, 0.2) is 61.1 Å². The molecule has 35 heavy (non-hydrogen) atoms. The van der Waals surface area contributed by atoms with Gasteiger partial charge in [-0.3, -0.25) is 14.0 Å². The average molecular weight is 469 g/mol. The fraction of sp³-hybridized carbons (Fsp3) is 0.192. The van der Waals surface area contributed by atoms with Crippen molar-refractivity contribution in [1.82, 2.24) is 24.3 Å². The zero-order chi connectivity index (χ0) is 27.1. The Bertz CT molecular complexity index is 1610. The molecule has 1 aromatic carbocycles. The van der Waals surface area contributed by atoms with Gasteiger partial charge in [-0.15, -0.1) is 0 Å². The standard InChI is InChI=1S/C26H23N7O2/c1-2-6-21(34)32-15-5-7-19(32)25-31-22(23-24(27)29-14-16-33(23)25)17-9-11-18(12-10-17)26(35)30-20-8-3-4-13-28-20/h3-4,8-14,16,19H,5,7,15H2,1H3,(H2,27,29)(H,28,30,35)/t19-/m0/s1/i15D2,19D. The number of amides is 2. The Balaban J connectivity index is 1.58. The first-order chi connectivity index (χ1) is 18.2. The van der Waals surface area contributed by atoms with Gasteiger partial charge in [0.05, 0.1) is 7.39 Å². The second kappa shape index (κ2) is 9.27. The number of likely N-dealkylation sites (tertiary alicyclic amines) is 1. The lowest BCUT2D eigenvalue weighted by molar-refractivity contribution is -0.126. The number of imidazole rings is 1. The van der Waals surface area contributed by atoms with Crippen molar-refractivity contribution in [3.05, 3.63) is 72.4 Å². The van der Waals surface area contributed by atoms with E-state index in [1.807, 2.05) is 0 Å². The summed E-state index contributed by atoms with van der Waals surface area (Å²) in [6, 6.07) is 10.0. The molecule has 9 heteroatoms. The fourth-order valence-corrected chi connectivity index (χ4v) is 3.94. The number of rotatable bonds is 4. The number of nitrogen functional groups attached to an aromatic ring is 1. The number of pyridine rings is 1. The molecule has 4 heterocycles. The zero-order valence-electron chi connectivity index (χ0n) is 21.8. The lowest BCUT2D eigenvalue weighted by atomic mass is 10.1. The predicted molar refractivity (Wildman–Crippen MR) is 132 cm³/mol. The molecule has 1 saturated heterocycles. The van der Waals surface area contributed by atoms with Gasteiger partial charge in [0.15, 0.2) is 0 Å². The number of anilines is 2. The summed E-state index contributed by atoms with van der Waals surface area (Å²) in [5, 5.41) is 2.73. The number of nitrogens with two attached hydrogens (primary N) is 1. The van der Waals surface area contributed by atoms with Crippen LogP contribution in [0.3, 0.4) is 0 Å². The highest BCUT2D eigenvalue weighted by Crippen LogP contribution is 2.36. The van der Waals surface area contributed by atoms with Gasteiger partial charge in [-0.2, -0.15) is 0 Å². The third-order valence-electron chi connectivity index (χ3n) is 5.50. The maximum atomic E-state index is 12.8. The normalized spacial score (nSPS) is 19.8. The topological polar surface area (TPSA) is 119 Å². The van der Waals surface area contributed by atoms with Gasteiger partial charge in [0, 0.05) is 39.0 Å². The first-order valence-electron chi connectivity index (χ1n) is 12.4. The number of carbonyl (C=O) groups excluding carboxylic acids is 2. The van der Waals surface area contributed by atoms with Crippen LogP contribution < -0.4 is 11.1 Å². The number of carbonyl (C=O) groups is 2. The molecule has 5 rings (SSSR count). The second-order valence-corrected chi connectivity index (χ2v) is 7.68. The van der Waals surface area contributed by atoms with E-state index in [1.165, 1.54) is 13.1 Å². The Morgan fingerprint density at radius 1 is 1.20 bits per heavy atom. The Morgan fingerprint density at radius 2 is 2.03 bits per heavy atom. The number of fused-ring (bicyclic) bond motifs is 1. The molecule has 1 fully saturated rings. The summed E-state index contributed by atoms with van der Waals surface area (Å²) in [4.78, 5) is 39.3. The van der Waals surface area contributed by atoms with Crippen LogP contribution in [0, 0.1) is 11.8 Å². The molecule has 0 aliphatic carbocycles. The molecule has 0 unspecified atom stereocenters. The van der Waals surface area contributed by atoms with Crippen LogP contribution in [-0.4, -0.2) is 42.6 Å². The molecule has 0 bridgehead atoms.